The minimum absolute atomic E-state index is 0.325. The Morgan fingerprint density at radius 2 is 2.04 bits per heavy atom. The molecule has 2 N–H and O–H groups in total. The number of benzene rings is 1. The number of hydrogen-bond donors (Lipinski definition) is 2. The van der Waals surface area contributed by atoms with E-state index in [0.29, 0.717) is 47.3 Å². The van der Waals surface area contributed by atoms with Gasteiger partial charge in [-0.15, -0.1) is 5.10 Å². The molecule has 1 aromatic heterocycles. The molecule has 0 bridgehead atoms. The van der Waals surface area contributed by atoms with Crippen LogP contribution in [0.25, 0.3) is 0 Å². The van der Waals surface area contributed by atoms with E-state index in [0.717, 1.165) is 18.4 Å². The lowest BCUT2D eigenvalue weighted by Crippen LogP contribution is -2.15. The SMILES string of the molecule is CCCCOc1cc(CNc2c(OCC)n[nH]c(=O)c2Br)ccc1OC. The highest BCUT2D eigenvalue weighted by Gasteiger charge is 2.14. The van der Waals surface area contributed by atoms with Crippen LogP contribution in [0.2, 0.25) is 0 Å². The van der Waals surface area contributed by atoms with Gasteiger partial charge in [0.2, 0.25) is 0 Å². The first-order valence-corrected chi connectivity index (χ1v) is 9.34. The van der Waals surface area contributed by atoms with Crippen molar-refractivity contribution in [1.29, 1.82) is 0 Å². The number of hydrogen-bond acceptors (Lipinski definition) is 6. The second-order valence-corrected chi connectivity index (χ2v) is 6.31. The molecule has 0 unspecified atom stereocenters. The van der Waals surface area contributed by atoms with Gasteiger partial charge >= 0.3 is 0 Å². The maximum Gasteiger partial charge on any atom is 0.280 e. The molecular formula is C18H24BrN3O4. The van der Waals surface area contributed by atoms with E-state index in [-0.39, 0.29) is 5.56 Å². The summed E-state index contributed by atoms with van der Waals surface area (Å²) in [6.07, 6.45) is 2.04. The van der Waals surface area contributed by atoms with Gasteiger partial charge in [-0.05, 0) is 47.0 Å². The Morgan fingerprint density at radius 1 is 1.23 bits per heavy atom. The molecule has 1 heterocycles. The molecule has 0 saturated heterocycles. The fourth-order valence-corrected chi connectivity index (χ4v) is 2.67. The van der Waals surface area contributed by atoms with Gasteiger partial charge in [0.1, 0.15) is 10.2 Å². The summed E-state index contributed by atoms with van der Waals surface area (Å²) in [4.78, 5) is 11.8. The fourth-order valence-electron chi connectivity index (χ4n) is 2.27. The average molecular weight is 426 g/mol. The van der Waals surface area contributed by atoms with Crippen molar-refractivity contribution in [2.45, 2.75) is 33.2 Å². The number of nitrogens with one attached hydrogen (secondary N) is 2. The van der Waals surface area contributed by atoms with Crippen LogP contribution in [0.15, 0.2) is 27.5 Å². The van der Waals surface area contributed by atoms with Gasteiger partial charge in [0.05, 0.1) is 20.3 Å². The van der Waals surface area contributed by atoms with Crippen molar-refractivity contribution in [3.63, 3.8) is 0 Å². The number of unbranched alkanes of at least 4 members (excludes halogenated alkanes) is 1. The molecule has 0 spiro atoms. The molecule has 0 aliphatic heterocycles. The number of ether oxygens (including phenoxy) is 3. The summed E-state index contributed by atoms with van der Waals surface area (Å²) in [5, 5.41) is 9.53. The van der Waals surface area contributed by atoms with E-state index in [4.69, 9.17) is 14.2 Å². The standard InChI is InChI=1S/C18H24BrN3O4/c1-4-6-9-26-14-10-12(7-8-13(14)24-3)11-20-16-15(19)17(23)21-22-18(16)25-5-2/h7-8,10H,4-6,9,11H2,1-3H3,(H2,20,21,23). The van der Waals surface area contributed by atoms with Gasteiger partial charge in [-0.3, -0.25) is 4.79 Å². The van der Waals surface area contributed by atoms with Gasteiger partial charge < -0.3 is 19.5 Å². The summed E-state index contributed by atoms with van der Waals surface area (Å²) in [5.74, 6) is 1.74. The molecule has 142 valence electrons. The lowest BCUT2D eigenvalue weighted by atomic mass is 10.2. The highest BCUT2D eigenvalue weighted by molar-refractivity contribution is 9.10. The summed E-state index contributed by atoms with van der Waals surface area (Å²) in [5.41, 5.74) is 1.17. The second kappa shape index (κ2) is 10.1. The Kier molecular flexibility index (Phi) is 7.77. The summed E-state index contributed by atoms with van der Waals surface area (Å²) >= 11 is 3.28. The average Bonchev–Trinajstić information content (AvgIpc) is 2.65. The van der Waals surface area contributed by atoms with Crippen LogP contribution in [0.1, 0.15) is 32.3 Å². The van der Waals surface area contributed by atoms with E-state index in [1.54, 1.807) is 7.11 Å². The molecule has 0 aliphatic carbocycles. The topological polar surface area (TPSA) is 85.5 Å². The van der Waals surface area contributed by atoms with E-state index in [1.165, 1.54) is 0 Å². The lowest BCUT2D eigenvalue weighted by molar-refractivity contribution is 0.288. The Balaban J connectivity index is 2.18. The number of halogens is 1. The minimum atomic E-state index is -0.325. The maximum atomic E-state index is 11.8. The van der Waals surface area contributed by atoms with E-state index in [2.05, 4.69) is 38.4 Å². The van der Waals surface area contributed by atoms with Crippen LogP contribution in [0, 0.1) is 0 Å². The quantitative estimate of drug-likeness (QED) is 0.564. The minimum Gasteiger partial charge on any atom is -0.493 e. The van der Waals surface area contributed by atoms with E-state index in [9.17, 15) is 4.79 Å². The summed E-state index contributed by atoms with van der Waals surface area (Å²) in [7, 11) is 1.62. The van der Waals surface area contributed by atoms with Crippen LogP contribution in [0.5, 0.6) is 17.4 Å². The smallest absolute Gasteiger partial charge is 0.280 e. The second-order valence-electron chi connectivity index (χ2n) is 5.52. The first-order chi connectivity index (χ1) is 12.6. The zero-order chi connectivity index (χ0) is 18.9. The van der Waals surface area contributed by atoms with Crippen molar-refractivity contribution < 1.29 is 14.2 Å². The molecule has 0 saturated carbocycles. The Bertz CT molecular complexity index is 780. The Morgan fingerprint density at radius 3 is 2.73 bits per heavy atom. The first kappa shape index (κ1) is 20.1. The number of H-pyrrole nitrogens is 1. The van der Waals surface area contributed by atoms with E-state index in [1.807, 2.05) is 25.1 Å². The van der Waals surface area contributed by atoms with E-state index < -0.39 is 0 Å². The van der Waals surface area contributed by atoms with Gasteiger partial charge in [0.25, 0.3) is 11.4 Å². The highest BCUT2D eigenvalue weighted by Crippen LogP contribution is 2.30. The summed E-state index contributed by atoms with van der Waals surface area (Å²) in [6, 6.07) is 5.73. The van der Waals surface area contributed by atoms with Gasteiger partial charge in [-0.1, -0.05) is 19.4 Å². The van der Waals surface area contributed by atoms with Crippen molar-refractivity contribution in [2.75, 3.05) is 25.6 Å². The zero-order valence-corrected chi connectivity index (χ0v) is 16.8. The lowest BCUT2D eigenvalue weighted by Gasteiger charge is -2.14. The molecule has 26 heavy (non-hydrogen) atoms. The van der Waals surface area contributed by atoms with Crippen LogP contribution >= 0.6 is 15.9 Å². The van der Waals surface area contributed by atoms with E-state index >= 15 is 0 Å². The normalized spacial score (nSPS) is 10.5. The number of nitrogens with zero attached hydrogens (tertiary/aromatic N) is 1. The third-order valence-corrected chi connectivity index (χ3v) is 4.38. The van der Waals surface area contributed by atoms with Crippen molar-refractivity contribution in [3.05, 3.63) is 38.6 Å². The zero-order valence-electron chi connectivity index (χ0n) is 15.2. The van der Waals surface area contributed by atoms with Crippen LogP contribution in [0.4, 0.5) is 5.69 Å². The molecular weight excluding hydrogens is 402 g/mol. The monoisotopic (exact) mass is 425 g/mol. The molecule has 7 nitrogen and oxygen atoms in total. The number of aromatic nitrogens is 2. The van der Waals surface area contributed by atoms with Crippen LogP contribution in [-0.2, 0) is 6.54 Å². The van der Waals surface area contributed by atoms with Gasteiger partial charge in [0.15, 0.2) is 11.5 Å². The molecule has 0 aliphatic rings. The third kappa shape index (κ3) is 5.14. The first-order valence-electron chi connectivity index (χ1n) is 8.55. The molecule has 0 radical (unpaired) electrons. The van der Waals surface area contributed by atoms with Crippen molar-refractivity contribution in [2.24, 2.45) is 0 Å². The fraction of sp³-hybridized carbons (Fsp3) is 0.444. The molecule has 2 rings (SSSR count). The summed E-state index contributed by atoms with van der Waals surface area (Å²) < 4.78 is 17.0. The van der Waals surface area contributed by atoms with Crippen LogP contribution in [0.3, 0.4) is 0 Å². The highest BCUT2D eigenvalue weighted by atomic mass is 79.9. The van der Waals surface area contributed by atoms with Gasteiger partial charge in [-0.2, -0.15) is 0 Å². The van der Waals surface area contributed by atoms with Gasteiger partial charge in [0, 0.05) is 6.54 Å². The molecule has 0 amide bonds. The number of rotatable bonds is 10. The third-order valence-electron chi connectivity index (χ3n) is 3.63. The van der Waals surface area contributed by atoms with Crippen LogP contribution in [-0.4, -0.2) is 30.5 Å². The Labute approximate surface area is 161 Å². The number of methoxy groups -OCH3 is 1. The molecule has 8 heteroatoms. The Hall–Kier alpha value is -2.22. The van der Waals surface area contributed by atoms with Gasteiger partial charge in [-0.25, -0.2) is 5.10 Å². The van der Waals surface area contributed by atoms with Crippen molar-refractivity contribution >= 4 is 21.6 Å². The molecule has 0 atom stereocenters. The summed E-state index contributed by atoms with van der Waals surface area (Å²) in [6.45, 7) is 5.52. The predicted octanol–water partition coefficient (Wildman–Crippen LogP) is 3.73. The molecule has 2 aromatic rings. The largest absolute Gasteiger partial charge is 0.493 e. The number of aromatic amines is 1. The molecule has 1 aromatic carbocycles. The molecule has 0 fully saturated rings. The number of anilines is 1. The van der Waals surface area contributed by atoms with Crippen molar-refractivity contribution in [1.82, 2.24) is 10.2 Å². The van der Waals surface area contributed by atoms with Crippen molar-refractivity contribution in [3.8, 4) is 17.4 Å². The predicted molar refractivity (Wildman–Crippen MR) is 104 cm³/mol. The maximum absolute atomic E-state index is 11.8. The van der Waals surface area contributed by atoms with Crippen LogP contribution < -0.4 is 25.1 Å².